The molecule has 0 heterocycles. The van der Waals surface area contributed by atoms with E-state index >= 15 is 0 Å². The van der Waals surface area contributed by atoms with Crippen LogP contribution in [0.3, 0.4) is 0 Å². The van der Waals surface area contributed by atoms with Crippen molar-refractivity contribution in [3.05, 3.63) is 0 Å². The molecule has 0 aromatic rings. The third-order valence-electron chi connectivity index (χ3n) is 3.65. The van der Waals surface area contributed by atoms with E-state index in [1.54, 1.807) is 0 Å². The van der Waals surface area contributed by atoms with E-state index in [2.05, 4.69) is 51.9 Å². The fourth-order valence-corrected chi connectivity index (χ4v) is 1.82. The fraction of sp³-hybridized carbons (Fsp3) is 1.00. The first kappa shape index (κ1) is 16.9. The van der Waals surface area contributed by atoms with Gasteiger partial charge in [-0.05, 0) is 45.3 Å². The maximum Gasteiger partial charge on any atom is 0.0585 e. The zero-order chi connectivity index (χ0) is 13.5. The largest absolute Gasteiger partial charge is 0.395 e. The molecule has 0 saturated carbocycles. The molecule has 2 atom stereocenters. The monoisotopic (exact) mass is 244 g/mol. The van der Waals surface area contributed by atoms with Crippen molar-refractivity contribution in [1.82, 2.24) is 10.2 Å². The molecule has 0 rings (SSSR count). The highest BCUT2D eigenvalue weighted by molar-refractivity contribution is 4.78. The number of nitrogens with zero attached hydrogens (tertiary/aromatic N) is 1. The van der Waals surface area contributed by atoms with Gasteiger partial charge in [0.1, 0.15) is 0 Å². The molecule has 2 unspecified atom stereocenters. The SMILES string of the molecule is CCCNC(CO)CCN(C)C(C)C(C)(C)C. The minimum absolute atomic E-state index is 0.234. The molecule has 17 heavy (non-hydrogen) atoms. The summed E-state index contributed by atoms with van der Waals surface area (Å²) in [5.74, 6) is 0. The van der Waals surface area contributed by atoms with E-state index in [4.69, 9.17) is 0 Å². The molecule has 0 aliphatic carbocycles. The van der Waals surface area contributed by atoms with Crippen molar-refractivity contribution in [3.63, 3.8) is 0 Å². The van der Waals surface area contributed by atoms with Gasteiger partial charge >= 0.3 is 0 Å². The average Bonchev–Trinajstić information content (AvgIpc) is 2.26. The van der Waals surface area contributed by atoms with Crippen LogP contribution in [0.2, 0.25) is 0 Å². The minimum Gasteiger partial charge on any atom is -0.395 e. The van der Waals surface area contributed by atoms with Gasteiger partial charge in [0.2, 0.25) is 0 Å². The Balaban J connectivity index is 3.99. The van der Waals surface area contributed by atoms with Gasteiger partial charge in [-0.15, -0.1) is 0 Å². The molecule has 3 nitrogen and oxygen atoms in total. The number of nitrogens with one attached hydrogen (secondary N) is 1. The lowest BCUT2D eigenvalue weighted by molar-refractivity contribution is 0.129. The van der Waals surface area contributed by atoms with Crippen molar-refractivity contribution in [2.75, 3.05) is 26.7 Å². The van der Waals surface area contributed by atoms with Crippen LogP contribution < -0.4 is 5.32 Å². The van der Waals surface area contributed by atoms with Crippen molar-refractivity contribution in [3.8, 4) is 0 Å². The summed E-state index contributed by atoms with van der Waals surface area (Å²) >= 11 is 0. The summed E-state index contributed by atoms with van der Waals surface area (Å²) in [7, 11) is 2.17. The zero-order valence-corrected chi connectivity index (χ0v) is 12.6. The van der Waals surface area contributed by atoms with E-state index in [1.165, 1.54) is 0 Å². The third kappa shape index (κ3) is 7.02. The molecule has 104 valence electrons. The van der Waals surface area contributed by atoms with Crippen LogP contribution in [0.1, 0.15) is 47.5 Å². The lowest BCUT2D eigenvalue weighted by Gasteiger charge is -2.36. The van der Waals surface area contributed by atoms with Gasteiger partial charge in [0.15, 0.2) is 0 Å². The van der Waals surface area contributed by atoms with Crippen LogP contribution in [0.25, 0.3) is 0 Å². The molecule has 0 amide bonds. The smallest absolute Gasteiger partial charge is 0.0585 e. The Morgan fingerprint density at radius 2 is 1.88 bits per heavy atom. The predicted molar refractivity (Wildman–Crippen MR) is 75.3 cm³/mol. The summed E-state index contributed by atoms with van der Waals surface area (Å²) in [5.41, 5.74) is 0.306. The molecule has 0 fully saturated rings. The summed E-state index contributed by atoms with van der Waals surface area (Å²) in [5, 5.41) is 12.7. The quantitative estimate of drug-likeness (QED) is 0.686. The Morgan fingerprint density at radius 1 is 1.29 bits per heavy atom. The normalized spacial score (nSPS) is 16.2. The van der Waals surface area contributed by atoms with Crippen molar-refractivity contribution in [1.29, 1.82) is 0 Å². The van der Waals surface area contributed by atoms with Gasteiger partial charge < -0.3 is 15.3 Å². The number of aliphatic hydroxyl groups is 1. The molecule has 0 bridgehead atoms. The number of rotatable bonds is 8. The molecule has 0 spiro atoms. The molecule has 2 N–H and O–H groups in total. The summed E-state index contributed by atoms with van der Waals surface area (Å²) in [6.07, 6.45) is 2.12. The first-order valence-corrected chi connectivity index (χ1v) is 6.87. The first-order chi connectivity index (χ1) is 7.82. The van der Waals surface area contributed by atoms with Crippen molar-refractivity contribution < 1.29 is 5.11 Å². The van der Waals surface area contributed by atoms with Gasteiger partial charge in [-0.1, -0.05) is 27.7 Å². The predicted octanol–water partition coefficient (Wildman–Crippen LogP) is 2.10. The van der Waals surface area contributed by atoms with Gasteiger partial charge in [0.05, 0.1) is 6.61 Å². The minimum atomic E-state index is 0.234. The molecular formula is C14H32N2O. The van der Waals surface area contributed by atoms with Gasteiger partial charge in [0, 0.05) is 12.1 Å². The fourth-order valence-electron chi connectivity index (χ4n) is 1.82. The van der Waals surface area contributed by atoms with Gasteiger partial charge in [-0.2, -0.15) is 0 Å². The van der Waals surface area contributed by atoms with E-state index in [-0.39, 0.29) is 12.6 Å². The highest BCUT2D eigenvalue weighted by Gasteiger charge is 2.23. The number of hydrogen-bond donors (Lipinski definition) is 2. The number of aliphatic hydroxyl groups excluding tert-OH is 1. The molecular weight excluding hydrogens is 212 g/mol. The second-order valence-corrected chi connectivity index (χ2v) is 6.14. The Hall–Kier alpha value is -0.120. The highest BCUT2D eigenvalue weighted by Crippen LogP contribution is 2.23. The summed E-state index contributed by atoms with van der Waals surface area (Å²) in [4.78, 5) is 2.39. The van der Waals surface area contributed by atoms with Crippen molar-refractivity contribution in [2.24, 2.45) is 5.41 Å². The van der Waals surface area contributed by atoms with Crippen LogP contribution in [-0.4, -0.2) is 48.8 Å². The molecule has 0 aromatic carbocycles. The van der Waals surface area contributed by atoms with E-state index in [9.17, 15) is 5.11 Å². The summed E-state index contributed by atoms with van der Waals surface area (Å²) in [6.45, 7) is 13.5. The molecule has 0 aliphatic rings. The first-order valence-electron chi connectivity index (χ1n) is 6.87. The lowest BCUT2D eigenvalue weighted by Crippen LogP contribution is -2.42. The lowest BCUT2D eigenvalue weighted by atomic mass is 9.87. The zero-order valence-electron chi connectivity index (χ0n) is 12.6. The molecule has 0 aliphatic heterocycles. The standard InChI is InChI=1S/C14H32N2O/c1-7-9-15-13(11-17)8-10-16(6)12(2)14(3,4)5/h12-13,15,17H,7-11H2,1-6H3. The third-order valence-corrected chi connectivity index (χ3v) is 3.65. The molecule has 0 saturated heterocycles. The Morgan fingerprint density at radius 3 is 2.29 bits per heavy atom. The van der Waals surface area contributed by atoms with Crippen molar-refractivity contribution >= 4 is 0 Å². The van der Waals surface area contributed by atoms with Gasteiger partial charge in [-0.3, -0.25) is 0 Å². The number of hydrogen-bond acceptors (Lipinski definition) is 3. The molecule has 0 radical (unpaired) electrons. The van der Waals surface area contributed by atoms with Crippen LogP contribution >= 0.6 is 0 Å². The van der Waals surface area contributed by atoms with E-state index < -0.39 is 0 Å². The van der Waals surface area contributed by atoms with Gasteiger partial charge in [-0.25, -0.2) is 0 Å². The summed E-state index contributed by atoms with van der Waals surface area (Å²) < 4.78 is 0. The molecule has 0 aromatic heterocycles. The van der Waals surface area contributed by atoms with Crippen LogP contribution in [-0.2, 0) is 0 Å². The topological polar surface area (TPSA) is 35.5 Å². The van der Waals surface area contributed by atoms with Crippen LogP contribution in [0.15, 0.2) is 0 Å². The van der Waals surface area contributed by atoms with Crippen LogP contribution in [0, 0.1) is 5.41 Å². The maximum atomic E-state index is 9.28. The van der Waals surface area contributed by atoms with E-state index in [0.29, 0.717) is 11.5 Å². The van der Waals surface area contributed by atoms with Gasteiger partial charge in [0.25, 0.3) is 0 Å². The van der Waals surface area contributed by atoms with E-state index in [0.717, 1.165) is 25.9 Å². The second kappa shape index (κ2) is 8.06. The Kier molecular flexibility index (Phi) is 8.01. The summed E-state index contributed by atoms with van der Waals surface area (Å²) in [6, 6.07) is 0.789. The van der Waals surface area contributed by atoms with Crippen LogP contribution in [0.5, 0.6) is 0 Å². The Labute approximate surface area is 108 Å². The van der Waals surface area contributed by atoms with Crippen LogP contribution in [0.4, 0.5) is 0 Å². The van der Waals surface area contributed by atoms with E-state index in [1.807, 2.05) is 0 Å². The van der Waals surface area contributed by atoms with Crippen molar-refractivity contribution in [2.45, 2.75) is 59.5 Å². The Bertz CT molecular complexity index is 189. The second-order valence-electron chi connectivity index (χ2n) is 6.14. The maximum absolute atomic E-state index is 9.28. The molecule has 3 heteroatoms. The average molecular weight is 244 g/mol. The highest BCUT2D eigenvalue weighted by atomic mass is 16.3.